The fourth-order valence-electron chi connectivity index (χ4n) is 3.77. The van der Waals surface area contributed by atoms with E-state index in [0.29, 0.717) is 25.4 Å². The lowest BCUT2D eigenvalue weighted by Gasteiger charge is -2.22. The van der Waals surface area contributed by atoms with Crippen LogP contribution in [0.15, 0.2) is 12.1 Å². The summed E-state index contributed by atoms with van der Waals surface area (Å²) < 4.78 is 19.6. The zero-order valence-electron chi connectivity index (χ0n) is 15.7. The molecule has 1 aromatic rings. The molecule has 1 N–H and O–H groups in total. The zero-order chi connectivity index (χ0) is 18.9. The van der Waals surface area contributed by atoms with Crippen LogP contribution in [0.1, 0.15) is 56.6 Å². The van der Waals surface area contributed by atoms with Gasteiger partial charge in [0.1, 0.15) is 5.82 Å². The van der Waals surface area contributed by atoms with Crippen molar-refractivity contribution in [2.24, 2.45) is 0 Å². The number of carbonyl (C=O) groups is 2. The van der Waals surface area contributed by atoms with Crippen LogP contribution in [0.2, 0.25) is 0 Å². The first-order valence-corrected chi connectivity index (χ1v) is 9.25. The minimum Gasteiger partial charge on any atom is -0.469 e. The molecule has 1 aliphatic carbocycles. The number of hydrogen-bond donors (Lipinski definition) is 1. The molecule has 3 rings (SSSR count). The van der Waals surface area contributed by atoms with Gasteiger partial charge in [-0.25, -0.2) is 4.39 Å². The Bertz CT molecular complexity index is 713. The predicted molar refractivity (Wildman–Crippen MR) is 97.9 cm³/mol. The fraction of sp³-hybridized carbons (Fsp3) is 0.600. The molecule has 142 valence electrons. The van der Waals surface area contributed by atoms with Crippen molar-refractivity contribution >= 4 is 17.6 Å². The smallest absolute Gasteiger partial charge is 0.305 e. The van der Waals surface area contributed by atoms with Crippen LogP contribution in [0.3, 0.4) is 0 Å². The van der Waals surface area contributed by atoms with Gasteiger partial charge in [0.2, 0.25) is 5.91 Å². The Morgan fingerprint density at radius 1 is 1.35 bits per heavy atom. The summed E-state index contributed by atoms with van der Waals surface area (Å²) in [6.07, 6.45) is 2.95. The molecule has 2 aliphatic rings. The van der Waals surface area contributed by atoms with Gasteiger partial charge in [-0.05, 0) is 36.8 Å². The second kappa shape index (κ2) is 7.25. The third-order valence-electron chi connectivity index (χ3n) is 5.21. The van der Waals surface area contributed by atoms with E-state index in [1.165, 1.54) is 7.11 Å². The average molecular weight is 362 g/mol. The average Bonchev–Trinajstić information content (AvgIpc) is 3.38. The lowest BCUT2D eigenvalue weighted by Crippen LogP contribution is -2.39. The Morgan fingerprint density at radius 3 is 2.73 bits per heavy atom. The molecule has 0 saturated heterocycles. The van der Waals surface area contributed by atoms with E-state index in [4.69, 9.17) is 0 Å². The minimum atomic E-state index is -0.324. The maximum absolute atomic E-state index is 15.1. The van der Waals surface area contributed by atoms with E-state index < -0.39 is 0 Å². The summed E-state index contributed by atoms with van der Waals surface area (Å²) in [5.74, 6) is -0.124. The van der Waals surface area contributed by atoms with Gasteiger partial charge in [0.15, 0.2) is 0 Å². The molecule has 1 aliphatic heterocycles. The summed E-state index contributed by atoms with van der Waals surface area (Å²) in [7, 11) is 1.35. The Balaban J connectivity index is 1.63. The molecule has 1 aromatic carbocycles. The Labute approximate surface area is 153 Å². The van der Waals surface area contributed by atoms with E-state index in [9.17, 15) is 9.59 Å². The number of rotatable bonds is 7. The molecule has 0 spiro atoms. The van der Waals surface area contributed by atoms with Gasteiger partial charge in [0, 0.05) is 36.2 Å². The fourth-order valence-corrected chi connectivity index (χ4v) is 3.77. The van der Waals surface area contributed by atoms with Gasteiger partial charge in [0.05, 0.1) is 13.7 Å². The van der Waals surface area contributed by atoms with E-state index in [-0.39, 0.29) is 36.1 Å². The molecule has 1 saturated carbocycles. The minimum absolute atomic E-state index is 0.0870. The number of fused-ring (bicyclic) bond motifs is 1. The number of halogens is 1. The molecule has 1 heterocycles. The first-order valence-electron chi connectivity index (χ1n) is 9.25. The van der Waals surface area contributed by atoms with Crippen molar-refractivity contribution < 1.29 is 18.7 Å². The van der Waals surface area contributed by atoms with Crippen molar-refractivity contribution in [3.05, 3.63) is 29.1 Å². The lowest BCUT2D eigenvalue weighted by atomic mass is 9.85. The standard InChI is InChI=1S/C20H27FN2O3/c1-20(2)12-23(11-16(24)22-10-4-5-17(25)26-3)15-9-8-14(13-6-7-13)19(21)18(15)20/h8-9,13H,4-7,10-12H2,1-3H3,(H,22,24). The van der Waals surface area contributed by atoms with Crippen LogP contribution in [-0.4, -0.2) is 38.6 Å². The molecule has 5 nitrogen and oxygen atoms in total. The van der Waals surface area contributed by atoms with E-state index in [0.717, 1.165) is 29.7 Å². The van der Waals surface area contributed by atoms with Crippen LogP contribution >= 0.6 is 0 Å². The molecule has 1 fully saturated rings. The number of nitrogens with zero attached hydrogens (tertiary/aromatic N) is 1. The molecule has 6 heteroatoms. The normalized spacial score (nSPS) is 17.8. The second-order valence-electron chi connectivity index (χ2n) is 7.91. The van der Waals surface area contributed by atoms with Crippen molar-refractivity contribution in [3.63, 3.8) is 0 Å². The van der Waals surface area contributed by atoms with Crippen molar-refractivity contribution in [2.45, 2.75) is 50.9 Å². The van der Waals surface area contributed by atoms with E-state index in [1.54, 1.807) is 0 Å². The van der Waals surface area contributed by atoms with Gasteiger partial charge in [-0.3, -0.25) is 9.59 Å². The monoisotopic (exact) mass is 362 g/mol. The van der Waals surface area contributed by atoms with Crippen LogP contribution < -0.4 is 10.2 Å². The third kappa shape index (κ3) is 3.84. The van der Waals surface area contributed by atoms with Gasteiger partial charge in [-0.2, -0.15) is 0 Å². The highest BCUT2D eigenvalue weighted by molar-refractivity contribution is 5.83. The maximum atomic E-state index is 15.1. The van der Waals surface area contributed by atoms with Gasteiger partial charge in [-0.1, -0.05) is 19.9 Å². The second-order valence-corrected chi connectivity index (χ2v) is 7.91. The molecule has 26 heavy (non-hydrogen) atoms. The summed E-state index contributed by atoms with van der Waals surface area (Å²) in [5, 5.41) is 2.82. The van der Waals surface area contributed by atoms with Crippen LogP contribution in [0.4, 0.5) is 10.1 Å². The number of benzene rings is 1. The molecule has 0 bridgehead atoms. The van der Waals surface area contributed by atoms with Gasteiger partial charge < -0.3 is 15.0 Å². The number of amides is 1. The van der Waals surface area contributed by atoms with Gasteiger partial charge in [-0.15, -0.1) is 0 Å². The predicted octanol–water partition coefficient (Wildman–Crippen LogP) is 2.87. The summed E-state index contributed by atoms with van der Waals surface area (Å²) in [6, 6.07) is 3.85. The Hall–Kier alpha value is -2.11. The molecule has 0 aromatic heterocycles. The number of hydrogen-bond acceptors (Lipinski definition) is 4. The zero-order valence-corrected chi connectivity index (χ0v) is 15.7. The highest BCUT2D eigenvalue weighted by atomic mass is 19.1. The Kier molecular flexibility index (Phi) is 5.21. The Morgan fingerprint density at radius 2 is 2.08 bits per heavy atom. The largest absolute Gasteiger partial charge is 0.469 e. The highest BCUT2D eigenvalue weighted by Gasteiger charge is 2.40. The first-order chi connectivity index (χ1) is 12.3. The molecule has 0 atom stereocenters. The van der Waals surface area contributed by atoms with Crippen molar-refractivity contribution in [1.82, 2.24) is 5.32 Å². The first kappa shape index (κ1) is 18.7. The van der Waals surface area contributed by atoms with Crippen molar-refractivity contribution in [1.29, 1.82) is 0 Å². The van der Waals surface area contributed by atoms with Crippen LogP contribution in [0.25, 0.3) is 0 Å². The number of nitrogens with one attached hydrogen (secondary N) is 1. The quantitative estimate of drug-likeness (QED) is 0.599. The van der Waals surface area contributed by atoms with Crippen molar-refractivity contribution in [3.8, 4) is 0 Å². The molecule has 1 amide bonds. The molecule has 0 unspecified atom stereocenters. The molecular formula is C20H27FN2O3. The number of ether oxygens (including phenoxy) is 1. The molecule has 0 radical (unpaired) electrons. The van der Waals surface area contributed by atoms with E-state index >= 15 is 4.39 Å². The SMILES string of the molecule is COC(=O)CCCNC(=O)CN1CC(C)(C)c2c1ccc(C1CC1)c2F. The van der Waals surface area contributed by atoms with E-state index in [2.05, 4.69) is 10.1 Å². The maximum Gasteiger partial charge on any atom is 0.305 e. The third-order valence-corrected chi connectivity index (χ3v) is 5.21. The summed E-state index contributed by atoms with van der Waals surface area (Å²) in [6.45, 7) is 5.28. The van der Waals surface area contributed by atoms with Gasteiger partial charge >= 0.3 is 5.97 Å². The number of anilines is 1. The van der Waals surface area contributed by atoms with Gasteiger partial charge in [0.25, 0.3) is 0 Å². The summed E-state index contributed by atoms with van der Waals surface area (Å²) >= 11 is 0. The van der Waals surface area contributed by atoms with Crippen LogP contribution in [0.5, 0.6) is 0 Å². The summed E-state index contributed by atoms with van der Waals surface area (Å²) in [4.78, 5) is 25.3. The van der Waals surface area contributed by atoms with Crippen LogP contribution in [-0.2, 0) is 19.7 Å². The van der Waals surface area contributed by atoms with Crippen molar-refractivity contribution in [2.75, 3.05) is 31.6 Å². The number of methoxy groups -OCH3 is 1. The number of carbonyl (C=O) groups excluding carboxylic acids is 2. The lowest BCUT2D eigenvalue weighted by molar-refractivity contribution is -0.140. The highest BCUT2D eigenvalue weighted by Crippen LogP contribution is 2.48. The summed E-state index contributed by atoms with van der Waals surface area (Å²) in [5.41, 5.74) is 2.06. The van der Waals surface area contributed by atoms with E-state index in [1.807, 2.05) is 30.9 Å². The number of esters is 1. The topological polar surface area (TPSA) is 58.6 Å². The molecular weight excluding hydrogens is 335 g/mol. The van der Waals surface area contributed by atoms with Crippen LogP contribution in [0, 0.1) is 5.82 Å².